The van der Waals surface area contributed by atoms with Crippen molar-refractivity contribution in [2.24, 2.45) is 11.8 Å². The predicted molar refractivity (Wildman–Crippen MR) is 81.2 cm³/mol. The Morgan fingerprint density at radius 1 is 1.15 bits per heavy atom. The van der Waals surface area contributed by atoms with Crippen LogP contribution in [-0.2, 0) is 9.59 Å². The molecule has 1 aliphatic heterocycles. The van der Waals surface area contributed by atoms with Gasteiger partial charge in [0.1, 0.15) is 12.1 Å². The van der Waals surface area contributed by atoms with Gasteiger partial charge in [0.15, 0.2) is 0 Å². The molecule has 20 heavy (non-hydrogen) atoms. The van der Waals surface area contributed by atoms with Crippen LogP contribution in [0.25, 0.3) is 0 Å². The van der Waals surface area contributed by atoms with Crippen molar-refractivity contribution in [1.29, 1.82) is 0 Å². The van der Waals surface area contributed by atoms with Crippen LogP contribution in [0.1, 0.15) is 60.8 Å². The molecule has 3 unspecified atom stereocenters. The van der Waals surface area contributed by atoms with Crippen LogP contribution < -0.4 is 5.32 Å². The highest BCUT2D eigenvalue weighted by atomic mass is 16.2. The molecule has 1 rings (SSSR count). The summed E-state index contributed by atoms with van der Waals surface area (Å²) < 4.78 is 0. The van der Waals surface area contributed by atoms with Gasteiger partial charge in [0.2, 0.25) is 11.8 Å². The first-order chi connectivity index (χ1) is 9.29. The monoisotopic (exact) mass is 282 g/mol. The fraction of sp³-hybridized carbons (Fsp3) is 0.875. The minimum atomic E-state index is -0.336. The van der Waals surface area contributed by atoms with E-state index in [1.807, 2.05) is 25.7 Å². The number of amides is 2. The average Bonchev–Trinajstić information content (AvgIpc) is 2.31. The minimum Gasteiger partial charge on any atom is -0.342 e. The quantitative estimate of drug-likeness (QED) is 0.814. The molecule has 1 fully saturated rings. The first kappa shape index (κ1) is 17.0. The van der Waals surface area contributed by atoms with Crippen molar-refractivity contribution >= 4 is 11.8 Å². The fourth-order valence-electron chi connectivity index (χ4n) is 3.16. The van der Waals surface area contributed by atoms with Gasteiger partial charge in [-0.25, -0.2) is 0 Å². The van der Waals surface area contributed by atoms with E-state index < -0.39 is 0 Å². The second-order valence-corrected chi connectivity index (χ2v) is 6.76. The first-order valence-electron chi connectivity index (χ1n) is 7.92. The molecular formula is C16H30N2O2. The minimum absolute atomic E-state index is 0.00801. The summed E-state index contributed by atoms with van der Waals surface area (Å²) in [4.78, 5) is 26.9. The van der Waals surface area contributed by atoms with Gasteiger partial charge in [-0.3, -0.25) is 9.59 Å². The molecule has 0 radical (unpaired) electrons. The molecule has 116 valence electrons. The third-order valence-electron chi connectivity index (χ3n) is 3.93. The van der Waals surface area contributed by atoms with Crippen LogP contribution in [0.15, 0.2) is 0 Å². The van der Waals surface area contributed by atoms with Crippen LogP contribution in [0, 0.1) is 11.8 Å². The smallest absolute Gasteiger partial charge is 0.246 e. The fourth-order valence-corrected chi connectivity index (χ4v) is 3.16. The van der Waals surface area contributed by atoms with Crippen molar-refractivity contribution in [2.45, 2.75) is 78.9 Å². The number of nitrogens with zero attached hydrogens (tertiary/aromatic N) is 1. The van der Waals surface area contributed by atoms with E-state index in [-0.39, 0.29) is 35.9 Å². The lowest BCUT2D eigenvalue weighted by atomic mass is 9.92. The molecule has 3 atom stereocenters. The second kappa shape index (κ2) is 7.09. The highest BCUT2D eigenvalue weighted by Gasteiger charge is 2.43. The van der Waals surface area contributed by atoms with Gasteiger partial charge < -0.3 is 10.2 Å². The highest BCUT2D eigenvalue weighted by molar-refractivity contribution is 5.97. The van der Waals surface area contributed by atoms with Crippen molar-refractivity contribution in [3.63, 3.8) is 0 Å². The molecular weight excluding hydrogens is 252 g/mol. The SMILES string of the molecule is CCCC1NC(=O)C(C(C)C)N(C(C)CC(C)C)C1=O. The molecule has 0 aromatic rings. The highest BCUT2D eigenvalue weighted by Crippen LogP contribution is 2.24. The van der Waals surface area contributed by atoms with Crippen molar-refractivity contribution in [3.05, 3.63) is 0 Å². The third-order valence-corrected chi connectivity index (χ3v) is 3.93. The van der Waals surface area contributed by atoms with Crippen LogP contribution in [0.4, 0.5) is 0 Å². The number of hydrogen-bond donors (Lipinski definition) is 1. The molecule has 4 heteroatoms. The molecule has 0 aromatic carbocycles. The molecule has 0 aliphatic carbocycles. The van der Waals surface area contributed by atoms with Gasteiger partial charge in [0, 0.05) is 6.04 Å². The summed E-state index contributed by atoms with van der Waals surface area (Å²) in [5.41, 5.74) is 0. The van der Waals surface area contributed by atoms with Crippen LogP contribution in [0.3, 0.4) is 0 Å². The maximum atomic E-state index is 12.7. The van der Waals surface area contributed by atoms with Crippen LogP contribution in [0.2, 0.25) is 0 Å². The molecule has 0 spiro atoms. The summed E-state index contributed by atoms with van der Waals surface area (Å²) in [5.74, 6) is 0.753. The van der Waals surface area contributed by atoms with E-state index in [1.165, 1.54) is 0 Å². The van der Waals surface area contributed by atoms with Crippen LogP contribution in [-0.4, -0.2) is 34.8 Å². The van der Waals surface area contributed by atoms with E-state index in [1.54, 1.807) is 0 Å². The van der Waals surface area contributed by atoms with Crippen molar-refractivity contribution in [2.75, 3.05) is 0 Å². The van der Waals surface area contributed by atoms with Gasteiger partial charge in [0.25, 0.3) is 0 Å². The zero-order valence-corrected chi connectivity index (χ0v) is 13.8. The van der Waals surface area contributed by atoms with Crippen LogP contribution >= 0.6 is 0 Å². The molecule has 2 amide bonds. The largest absolute Gasteiger partial charge is 0.342 e. The summed E-state index contributed by atoms with van der Waals surface area (Å²) in [6.45, 7) is 12.4. The second-order valence-electron chi connectivity index (χ2n) is 6.76. The lowest BCUT2D eigenvalue weighted by Crippen LogP contribution is -2.66. The number of carbonyl (C=O) groups excluding carboxylic acids is 2. The zero-order chi connectivity index (χ0) is 15.4. The van der Waals surface area contributed by atoms with Gasteiger partial charge in [0.05, 0.1) is 0 Å². The number of nitrogens with one attached hydrogen (secondary N) is 1. The Balaban J connectivity index is 3.01. The Labute approximate surface area is 123 Å². The van der Waals surface area contributed by atoms with Gasteiger partial charge >= 0.3 is 0 Å². The van der Waals surface area contributed by atoms with Gasteiger partial charge in [-0.2, -0.15) is 0 Å². The molecule has 1 saturated heterocycles. The summed E-state index contributed by atoms with van der Waals surface area (Å²) >= 11 is 0. The van der Waals surface area contributed by atoms with Crippen molar-refractivity contribution < 1.29 is 9.59 Å². The zero-order valence-electron chi connectivity index (χ0n) is 13.8. The van der Waals surface area contributed by atoms with Gasteiger partial charge in [-0.1, -0.05) is 41.0 Å². The van der Waals surface area contributed by atoms with Crippen molar-refractivity contribution in [3.8, 4) is 0 Å². The topological polar surface area (TPSA) is 49.4 Å². The average molecular weight is 282 g/mol. The predicted octanol–water partition coefficient (Wildman–Crippen LogP) is 2.57. The Hall–Kier alpha value is -1.06. The van der Waals surface area contributed by atoms with E-state index in [4.69, 9.17) is 0 Å². The number of hydrogen-bond acceptors (Lipinski definition) is 2. The number of rotatable bonds is 6. The van der Waals surface area contributed by atoms with Crippen LogP contribution in [0.5, 0.6) is 0 Å². The lowest BCUT2D eigenvalue weighted by molar-refractivity contribution is -0.154. The summed E-state index contributed by atoms with van der Waals surface area (Å²) in [6.07, 6.45) is 2.55. The molecule has 1 aliphatic rings. The summed E-state index contributed by atoms with van der Waals surface area (Å²) in [6, 6.07) is -0.554. The van der Waals surface area contributed by atoms with E-state index in [9.17, 15) is 9.59 Å². The van der Waals surface area contributed by atoms with Gasteiger partial charge in [-0.15, -0.1) is 0 Å². The Morgan fingerprint density at radius 3 is 2.20 bits per heavy atom. The molecule has 1 heterocycles. The maximum Gasteiger partial charge on any atom is 0.246 e. The maximum absolute atomic E-state index is 12.7. The Morgan fingerprint density at radius 2 is 1.75 bits per heavy atom. The van der Waals surface area contributed by atoms with Gasteiger partial charge in [-0.05, 0) is 31.6 Å². The number of carbonyl (C=O) groups is 2. The van der Waals surface area contributed by atoms with E-state index >= 15 is 0 Å². The van der Waals surface area contributed by atoms with E-state index in [0.29, 0.717) is 5.92 Å². The summed E-state index contributed by atoms with van der Waals surface area (Å²) in [7, 11) is 0. The Bertz CT molecular complexity index is 352. The van der Waals surface area contributed by atoms with E-state index in [0.717, 1.165) is 19.3 Å². The normalized spacial score (nSPS) is 25.3. The molecule has 0 bridgehead atoms. The molecule has 4 nitrogen and oxygen atoms in total. The molecule has 1 N–H and O–H groups in total. The standard InChI is InChI=1S/C16H30N2O2/c1-7-8-13-16(20)18(12(6)9-10(2)3)14(11(4)5)15(19)17-13/h10-14H,7-9H2,1-6H3,(H,17,19). The third kappa shape index (κ3) is 3.74. The molecule has 0 saturated carbocycles. The first-order valence-corrected chi connectivity index (χ1v) is 7.92. The van der Waals surface area contributed by atoms with Crippen molar-refractivity contribution in [1.82, 2.24) is 10.2 Å². The van der Waals surface area contributed by atoms with E-state index in [2.05, 4.69) is 26.1 Å². The lowest BCUT2D eigenvalue weighted by Gasteiger charge is -2.44. The molecule has 0 aromatic heterocycles. The summed E-state index contributed by atoms with van der Waals surface area (Å²) in [5, 5.41) is 2.91. The number of piperazine rings is 1. The Kier molecular flexibility index (Phi) is 6.03.